The zero-order valence-corrected chi connectivity index (χ0v) is 14.6. The lowest BCUT2D eigenvalue weighted by Gasteiger charge is -2.32. The van der Waals surface area contributed by atoms with Crippen LogP contribution in [0.15, 0.2) is 0 Å². The molecule has 1 aliphatic carbocycles. The van der Waals surface area contributed by atoms with Crippen molar-refractivity contribution in [1.29, 1.82) is 0 Å². The first-order chi connectivity index (χ1) is 8.59. The molecule has 0 aromatic carbocycles. The molecule has 112 valence electrons. The molecular formula is C18H40. The highest BCUT2D eigenvalue weighted by molar-refractivity contribution is 4.75. The molecule has 0 amide bonds. The maximum Gasteiger partial charge on any atom is -0.0412 e. The molecule has 0 radical (unpaired) electrons. The van der Waals surface area contributed by atoms with Crippen LogP contribution in [0.3, 0.4) is 0 Å². The van der Waals surface area contributed by atoms with Crippen LogP contribution in [-0.4, -0.2) is 0 Å². The van der Waals surface area contributed by atoms with Gasteiger partial charge in [0.05, 0.1) is 0 Å². The summed E-state index contributed by atoms with van der Waals surface area (Å²) >= 11 is 0. The van der Waals surface area contributed by atoms with E-state index in [4.69, 9.17) is 0 Å². The molecule has 0 heteroatoms. The summed E-state index contributed by atoms with van der Waals surface area (Å²) in [5.41, 5.74) is 0. The standard InChI is InChI=1S/C14H28.2C2H6/c1-11(2)6-5-7-14-9-8-12(3)13(4)10-14;2*1-2/h11-14H,5-10H2,1-4H3;2*1-2H3. The van der Waals surface area contributed by atoms with Gasteiger partial charge >= 0.3 is 0 Å². The van der Waals surface area contributed by atoms with Crippen LogP contribution in [0.25, 0.3) is 0 Å². The van der Waals surface area contributed by atoms with Crippen LogP contribution < -0.4 is 0 Å². The number of hydrogen-bond acceptors (Lipinski definition) is 0. The Morgan fingerprint density at radius 1 is 0.889 bits per heavy atom. The maximum atomic E-state index is 2.44. The van der Waals surface area contributed by atoms with Crippen LogP contribution in [0.1, 0.15) is 93.9 Å². The molecule has 1 aliphatic rings. The van der Waals surface area contributed by atoms with Crippen molar-refractivity contribution in [2.45, 2.75) is 93.9 Å². The first-order valence-electron chi connectivity index (χ1n) is 8.59. The van der Waals surface area contributed by atoms with Gasteiger partial charge in [-0.3, -0.25) is 0 Å². The molecule has 0 saturated heterocycles. The summed E-state index contributed by atoms with van der Waals surface area (Å²) in [7, 11) is 0. The maximum absolute atomic E-state index is 2.44. The Kier molecular flexibility index (Phi) is 15.2. The molecule has 3 atom stereocenters. The van der Waals surface area contributed by atoms with Gasteiger partial charge in [0.1, 0.15) is 0 Å². The van der Waals surface area contributed by atoms with Gasteiger partial charge < -0.3 is 0 Å². The predicted molar refractivity (Wildman–Crippen MR) is 87.1 cm³/mol. The topological polar surface area (TPSA) is 0 Å². The van der Waals surface area contributed by atoms with Gasteiger partial charge in [-0.25, -0.2) is 0 Å². The van der Waals surface area contributed by atoms with E-state index >= 15 is 0 Å². The van der Waals surface area contributed by atoms with Crippen LogP contribution >= 0.6 is 0 Å². The van der Waals surface area contributed by atoms with Gasteiger partial charge in [-0.05, 0) is 30.1 Å². The molecule has 0 heterocycles. The fourth-order valence-corrected chi connectivity index (χ4v) is 2.74. The smallest absolute Gasteiger partial charge is 0.0412 e. The van der Waals surface area contributed by atoms with Gasteiger partial charge in [-0.15, -0.1) is 0 Å². The Balaban J connectivity index is 0. The van der Waals surface area contributed by atoms with Gasteiger partial charge in [-0.2, -0.15) is 0 Å². The van der Waals surface area contributed by atoms with Crippen molar-refractivity contribution in [2.24, 2.45) is 23.7 Å². The molecule has 1 fully saturated rings. The zero-order chi connectivity index (χ0) is 14.6. The SMILES string of the molecule is CC.CC.CC(C)CCCC1CCC(C)C(C)C1. The first kappa shape index (κ1) is 20.3. The first-order valence-corrected chi connectivity index (χ1v) is 8.59. The molecular weight excluding hydrogens is 216 g/mol. The third-order valence-corrected chi connectivity index (χ3v) is 4.10. The minimum absolute atomic E-state index is 0.898. The molecule has 0 N–H and O–H groups in total. The largest absolute Gasteiger partial charge is 0.0683 e. The van der Waals surface area contributed by atoms with Gasteiger partial charge in [0, 0.05) is 0 Å². The number of rotatable bonds is 4. The second kappa shape index (κ2) is 13.4. The molecule has 0 spiro atoms. The van der Waals surface area contributed by atoms with Gasteiger partial charge in [0.25, 0.3) is 0 Å². The van der Waals surface area contributed by atoms with E-state index in [1.807, 2.05) is 27.7 Å². The predicted octanol–water partition coefficient (Wildman–Crippen LogP) is 6.94. The summed E-state index contributed by atoms with van der Waals surface area (Å²) in [4.78, 5) is 0. The Bertz CT molecular complexity index is 148. The van der Waals surface area contributed by atoms with Crippen molar-refractivity contribution < 1.29 is 0 Å². The molecule has 3 unspecified atom stereocenters. The third kappa shape index (κ3) is 9.97. The second-order valence-electron chi connectivity index (χ2n) is 5.96. The van der Waals surface area contributed by atoms with Crippen LogP contribution in [0.5, 0.6) is 0 Å². The van der Waals surface area contributed by atoms with Crippen LogP contribution in [-0.2, 0) is 0 Å². The molecule has 0 aromatic rings. The van der Waals surface area contributed by atoms with E-state index in [0.717, 1.165) is 23.7 Å². The Morgan fingerprint density at radius 3 is 1.89 bits per heavy atom. The minimum atomic E-state index is 0.898. The molecule has 0 aliphatic heterocycles. The lowest BCUT2D eigenvalue weighted by Crippen LogP contribution is -2.20. The summed E-state index contributed by atoms with van der Waals surface area (Å²) in [5.74, 6) is 3.92. The van der Waals surface area contributed by atoms with Crippen molar-refractivity contribution in [1.82, 2.24) is 0 Å². The third-order valence-electron chi connectivity index (χ3n) is 4.10. The van der Waals surface area contributed by atoms with Crippen molar-refractivity contribution in [3.63, 3.8) is 0 Å². The van der Waals surface area contributed by atoms with Crippen LogP contribution in [0.4, 0.5) is 0 Å². The lowest BCUT2D eigenvalue weighted by atomic mass is 9.74. The zero-order valence-electron chi connectivity index (χ0n) is 14.6. The fourth-order valence-electron chi connectivity index (χ4n) is 2.74. The van der Waals surface area contributed by atoms with Crippen LogP contribution in [0.2, 0.25) is 0 Å². The Hall–Kier alpha value is 0. The second-order valence-corrected chi connectivity index (χ2v) is 5.96. The van der Waals surface area contributed by atoms with E-state index in [1.165, 1.54) is 38.5 Å². The van der Waals surface area contributed by atoms with E-state index in [0.29, 0.717) is 0 Å². The average molecular weight is 257 g/mol. The van der Waals surface area contributed by atoms with Crippen LogP contribution in [0, 0.1) is 23.7 Å². The highest BCUT2D eigenvalue weighted by Gasteiger charge is 2.23. The van der Waals surface area contributed by atoms with Gasteiger partial charge in [0.15, 0.2) is 0 Å². The van der Waals surface area contributed by atoms with Crippen molar-refractivity contribution in [3.05, 3.63) is 0 Å². The highest BCUT2D eigenvalue weighted by Crippen LogP contribution is 2.35. The average Bonchev–Trinajstić information content (AvgIpc) is 2.38. The number of hydrogen-bond donors (Lipinski definition) is 0. The van der Waals surface area contributed by atoms with Crippen molar-refractivity contribution in [2.75, 3.05) is 0 Å². The summed E-state index contributed by atoms with van der Waals surface area (Å²) in [5, 5.41) is 0. The summed E-state index contributed by atoms with van der Waals surface area (Å²) in [6.07, 6.45) is 8.87. The monoisotopic (exact) mass is 256 g/mol. The van der Waals surface area contributed by atoms with E-state index in [-0.39, 0.29) is 0 Å². The Labute approximate surface area is 118 Å². The molecule has 1 rings (SSSR count). The van der Waals surface area contributed by atoms with E-state index in [1.54, 1.807) is 0 Å². The molecule has 0 bridgehead atoms. The normalized spacial score (nSPS) is 26.8. The van der Waals surface area contributed by atoms with Gasteiger partial charge in [-0.1, -0.05) is 87.5 Å². The highest BCUT2D eigenvalue weighted by atomic mass is 14.3. The Morgan fingerprint density at radius 2 is 1.44 bits per heavy atom. The molecule has 18 heavy (non-hydrogen) atoms. The summed E-state index contributed by atoms with van der Waals surface area (Å²) in [6.45, 7) is 17.5. The van der Waals surface area contributed by atoms with E-state index < -0.39 is 0 Å². The molecule has 1 saturated carbocycles. The molecule has 0 aromatic heterocycles. The van der Waals surface area contributed by atoms with E-state index in [9.17, 15) is 0 Å². The van der Waals surface area contributed by atoms with Gasteiger partial charge in [0.2, 0.25) is 0 Å². The quantitative estimate of drug-likeness (QED) is 0.511. The van der Waals surface area contributed by atoms with Crippen molar-refractivity contribution in [3.8, 4) is 0 Å². The van der Waals surface area contributed by atoms with Crippen molar-refractivity contribution >= 4 is 0 Å². The fraction of sp³-hybridized carbons (Fsp3) is 1.00. The van der Waals surface area contributed by atoms with E-state index in [2.05, 4.69) is 27.7 Å². The minimum Gasteiger partial charge on any atom is -0.0683 e. The summed E-state index contributed by atoms with van der Waals surface area (Å²) < 4.78 is 0. The lowest BCUT2D eigenvalue weighted by molar-refractivity contribution is 0.196. The molecule has 0 nitrogen and oxygen atoms in total. The summed E-state index contributed by atoms with van der Waals surface area (Å²) in [6, 6.07) is 0.